The molecule has 0 aliphatic carbocycles. The van der Waals surface area contributed by atoms with Crippen LogP contribution in [0.2, 0.25) is 0 Å². The summed E-state index contributed by atoms with van der Waals surface area (Å²) in [5, 5.41) is 0. The Morgan fingerprint density at radius 3 is 2.36 bits per heavy atom. The summed E-state index contributed by atoms with van der Waals surface area (Å²) in [7, 11) is 0. The fraction of sp³-hybridized carbons (Fsp3) is 0.143. The number of amides is 1. The second kappa shape index (κ2) is 3.60. The Balaban J connectivity index is 2.95. The second-order valence-corrected chi connectivity index (χ2v) is 2.35. The summed E-state index contributed by atoms with van der Waals surface area (Å²) in [6.45, 7) is 0. The van der Waals surface area contributed by atoms with Crippen molar-refractivity contribution >= 4 is 5.91 Å². The molecule has 0 atom stereocenters. The maximum atomic E-state index is 12.0. The molecule has 14 heavy (non-hydrogen) atoms. The number of halogens is 4. The molecule has 1 aromatic heterocycles. The van der Waals surface area contributed by atoms with E-state index in [-0.39, 0.29) is 0 Å². The molecule has 3 nitrogen and oxygen atoms in total. The van der Waals surface area contributed by atoms with Crippen LogP contribution < -0.4 is 5.54 Å². The first kappa shape index (κ1) is 10.4. The van der Waals surface area contributed by atoms with Crippen molar-refractivity contribution in [2.75, 3.05) is 0 Å². The SMILES string of the molecule is O=C(NF)c1ccc(C(F)(F)F)cn1. The Morgan fingerprint density at radius 2 is 2.00 bits per heavy atom. The number of rotatable bonds is 1. The molecule has 1 heterocycles. The third-order valence-corrected chi connectivity index (χ3v) is 1.41. The van der Waals surface area contributed by atoms with E-state index in [0.717, 1.165) is 11.6 Å². The third kappa shape index (κ3) is 2.18. The van der Waals surface area contributed by atoms with E-state index in [4.69, 9.17) is 0 Å². The van der Waals surface area contributed by atoms with E-state index in [1.165, 1.54) is 0 Å². The van der Waals surface area contributed by atoms with E-state index >= 15 is 0 Å². The minimum Gasteiger partial charge on any atom is -0.265 e. The summed E-state index contributed by atoms with van der Waals surface area (Å²) >= 11 is 0. The van der Waals surface area contributed by atoms with E-state index in [1.807, 2.05) is 0 Å². The summed E-state index contributed by atoms with van der Waals surface area (Å²) in [4.78, 5) is 13.7. The standard InChI is InChI=1S/C7H4F4N2O/c8-7(9,10)4-1-2-5(12-3-4)6(14)13-11/h1-3H,(H,13,14). The zero-order valence-corrected chi connectivity index (χ0v) is 6.60. The maximum absolute atomic E-state index is 12.0. The lowest BCUT2D eigenvalue weighted by atomic mass is 10.2. The molecule has 0 saturated carbocycles. The molecule has 0 fully saturated rings. The molecular weight excluding hydrogens is 204 g/mol. The van der Waals surface area contributed by atoms with Crippen LogP contribution in [-0.4, -0.2) is 10.9 Å². The van der Waals surface area contributed by atoms with Crippen molar-refractivity contribution in [2.45, 2.75) is 6.18 Å². The van der Waals surface area contributed by atoms with E-state index in [9.17, 15) is 22.4 Å². The zero-order valence-electron chi connectivity index (χ0n) is 6.60. The molecule has 0 unspecified atom stereocenters. The average Bonchev–Trinajstić information content (AvgIpc) is 2.15. The first-order valence-electron chi connectivity index (χ1n) is 3.39. The Labute approximate surface area is 75.7 Å². The number of hydrogen-bond donors (Lipinski definition) is 1. The quantitative estimate of drug-likeness (QED) is 0.563. The average molecular weight is 208 g/mol. The highest BCUT2D eigenvalue weighted by molar-refractivity contribution is 5.91. The van der Waals surface area contributed by atoms with Crippen molar-refractivity contribution in [1.29, 1.82) is 0 Å². The lowest BCUT2D eigenvalue weighted by molar-refractivity contribution is -0.137. The van der Waals surface area contributed by atoms with Crippen LogP contribution >= 0.6 is 0 Å². The Kier molecular flexibility index (Phi) is 2.68. The predicted octanol–water partition coefficient (Wildman–Crippen LogP) is 1.71. The number of carbonyl (C=O) groups excluding carboxylic acids is 1. The van der Waals surface area contributed by atoms with E-state index in [0.29, 0.717) is 12.3 Å². The Hall–Kier alpha value is -1.66. The van der Waals surface area contributed by atoms with Crippen LogP contribution in [0.25, 0.3) is 0 Å². The van der Waals surface area contributed by atoms with Gasteiger partial charge in [0, 0.05) is 6.20 Å². The van der Waals surface area contributed by atoms with Gasteiger partial charge in [-0.2, -0.15) is 18.7 Å². The topological polar surface area (TPSA) is 42.0 Å². The molecule has 1 rings (SSSR count). The summed E-state index contributed by atoms with van der Waals surface area (Å²) in [6, 6.07) is 1.44. The van der Waals surface area contributed by atoms with Gasteiger partial charge in [-0.15, -0.1) is 0 Å². The van der Waals surface area contributed by atoms with Crippen LogP contribution in [0, 0.1) is 0 Å². The van der Waals surface area contributed by atoms with Crippen LogP contribution in [0.4, 0.5) is 17.7 Å². The first-order chi connectivity index (χ1) is 6.45. The van der Waals surface area contributed by atoms with Gasteiger partial charge in [-0.1, -0.05) is 4.48 Å². The van der Waals surface area contributed by atoms with Crippen LogP contribution in [0.15, 0.2) is 18.3 Å². The van der Waals surface area contributed by atoms with Gasteiger partial charge >= 0.3 is 6.18 Å². The molecule has 1 amide bonds. The van der Waals surface area contributed by atoms with Crippen molar-refractivity contribution in [3.63, 3.8) is 0 Å². The molecule has 0 radical (unpaired) electrons. The highest BCUT2D eigenvalue weighted by Crippen LogP contribution is 2.28. The highest BCUT2D eigenvalue weighted by Gasteiger charge is 2.30. The Bertz CT molecular complexity index is 333. The minimum atomic E-state index is -4.52. The van der Waals surface area contributed by atoms with Gasteiger partial charge in [0.1, 0.15) is 5.69 Å². The van der Waals surface area contributed by atoms with Gasteiger partial charge in [-0.25, -0.2) is 0 Å². The van der Waals surface area contributed by atoms with Gasteiger partial charge in [-0.3, -0.25) is 9.78 Å². The van der Waals surface area contributed by atoms with Gasteiger partial charge in [0.15, 0.2) is 0 Å². The van der Waals surface area contributed by atoms with Crippen molar-refractivity contribution in [3.05, 3.63) is 29.6 Å². The normalized spacial score (nSPS) is 11.1. The molecule has 1 N–H and O–H groups in total. The minimum absolute atomic E-state index is 0.416. The number of aromatic nitrogens is 1. The fourth-order valence-electron chi connectivity index (χ4n) is 0.744. The van der Waals surface area contributed by atoms with Gasteiger partial charge < -0.3 is 0 Å². The van der Waals surface area contributed by atoms with Crippen LogP contribution in [0.5, 0.6) is 0 Å². The van der Waals surface area contributed by atoms with Crippen LogP contribution in [0.3, 0.4) is 0 Å². The molecule has 0 bridgehead atoms. The van der Waals surface area contributed by atoms with Crippen molar-refractivity contribution in [1.82, 2.24) is 10.5 Å². The summed E-state index contributed by atoms with van der Waals surface area (Å²) in [6.07, 6.45) is -4.05. The smallest absolute Gasteiger partial charge is 0.265 e. The lowest BCUT2D eigenvalue weighted by Gasteiger charge is -2.05. The third-order valence-electron chi connectivity index (χ3n) is 1.41. The van der Waals surface area contributed by atoms with E-state index in [2.05, 4.69) is 4.98 Å². The molecule has 1 aromatic rings. The predicted molar refractivity (Wildman–Crippen MR) is 37.8 cm³/mol. The molecule has 0 spiro atoms. The monoisotopic (exact) mass is 208 g/mol. The van der Waals surface area contributed by atoms with E-state index < -0.39 is 23.3 Å². The van der Waals surface area contributed by atoms with Gasteiger partial charge in [-0.05, 0) is 12.1 Å². The van der Waals surface area contributed by atoms with Crippen LogP contribution in [0.1, 0.15) is 16.1 Å². The number of nitrogens with one attached hydrogen (secondary N) is 1. The lowest BCUT2D eigenvalue weighted by Crippen LogP contribution is -2.16. The van der Waals surface area contributed by atoms with Gasteiger partial charge in [0.2, 0.25) is 0 Å². The molecule has 7 heteroatoms. The number of nitrogens with zero attached hydrogens (tertiary/aromatic N) is 1. The van der Waals surface area contributed by atoms with E-state index in [1.54, 1.807) is 0 Å². The largest absolute Gasteiger partial charge is 0.417 e. The zero-order chi connectivity index (χ0) is 10.8. The number of carbonyl (C=O) groups is 1. The molecule has 0 aliphatic rings. The highest BCUT2D eigenvalue weighted by atomic mass is 19.4. The van der Waals surface area contributed by atoms with Crippen molar-refractivity contribution < 1.29 is 22.4 Å². The van der Waals surface area contributed by atoms with Gasteiger partial charge in [0.25, 0.3) is 5.91 Å². The fourth-order valence-corrected chi connectivity index (χ4v) is 0.744. The number of pyridine rings is 1. The molecule has 76 valence electrons. The number of hydrogen-bond acceptors (Lipinski definition) is 2. The summed E-state index contributed by atoms with van der Waals surface area (Å²) in [5.41, 5.74) is -0.652. The second-order valence-electron chi connectivity index (χ2n) is 2.35. The van der Waals surface area contributed by atoms with Crippen molar-refractivity contribution in [3.8, 4) is 0 Å². The first-order valence-corrected chi connectivity index (χ1v) is 3.39. The molecule has 0 aliphatic heterocycles. The molecular formula is C7H4F4N2O. The maximum Gasteiger partial charge on any atom is 0.417 e. The summed E-state index contributed by atoms with van der Waals surface area (Å²) < 4.78 is 47.5. The van der Waals surface area contributed by atoms with Crippen LogP contribution in [-0.2, 0) is 6.18 Å². The number of alkyl halides is 3. The summed E-state index contributed by atoms with van der Waals surface area (Å²) in [5.74, 6) is -1.18. The Morgan fingerprint density at radius 1 is 1.36 bits per heavy atom. The van der Waals surface area contributed by atoms with Gasteiger partial charge in [0.05, 0.1) is 5.56 Å². The van der Waals surface area contributed by atoms with Crippen molar-refractivity contribution in [2.24, 2.45) is 0 Å². The molecule has 0 aromatic carbocycles. The molecule has 0 saturated heterocycles.